The third-order valence-electron chi connectivity index (χ3n) is 3.12. The Labute approximate surface area is 109 Å². The maximum Gasteiger partial charge on any atom is 0.0737 e. The molecular weight excluding hydrogens is 226 g/mol. The average molecular weight is 245 g/mol. The molecule has 1 aromatic heterocycles. The normalized spacial score (nSPS) is 11.4. The molecule has 0 unspecified atom stereocenters. The summed E-state index contributed by atoms with van der Waals surface area (Å²) >= 11 is 4.44. The lowest BCUT2D eigenvalue weighted by Gasteiger charge is -2.12. The van der Waals surface area contributed by atoms with Gasteiger partial charge in [0.25, 0.3) is 0 Å². The van der Waals surface area contributed by atoms with Crippen LogP contribution in [0.1, 0.15) is 42.1 Å². The van der Waals surface area contributed by atoms with Crippen LogP contribution in [0.2, 0.25) is 0 Å². The van der Waals surface area contributed by atoms with Gasteiger partial charge in [-0.25, -0.2) is 0 Å². The zero-order valence-electron chi connectivity index (χ0n) is 10.9. The Morgan fingerprint density at radius 2 is 1.88 bits per heavy atom. The summed E-state index contributed by atoms with van der Waals surface area (Å²) in [6.07, 6.45) is 0. The Bertz CT molecular complexity index is 558. The number of rotatable bonds is 2. The van der Waals surface area contributed by atoms with Crippen LogP contribution in [0.4, 0.5) is 0 Å². The van der Waals surface area contributed by atoms with Crippen molar-refractivity contribution < 1.29 is 0 Å². The Morgan fingerprint density at radius 1 is 1.18 bits per heavy atom. The minimum Gasteiger partial charge on any atom is -0.252 e. The monoisotopic (exact) mass is 245 g/mol. The first-order valence-corrected chi connectivity index (χ1v) is 6.67. The van der Waals surface area contributed by atoms with Gasteiger partial charge in [-0.2, -0.15) is 12.6 Å². The lowest BCUT2D eigenvalue weighted by Crippen LogP contribution is -1.98. The number of hydrogen-bond donors (Lipinski definition) is 1. The number of benzene rings is 1. The summed E-state index contributed by atoms with van der Waals surface area (Å²) in [4.78, 5) is 4.79. The molecule has 0 atom stereocenters. The van der Waals surface area contributed by atoms with E-state index in [0.29, 0.717) is 5.92 Å². The van der Waals surface area contributed by atoms with Crippen LogP contribution in [-0.4, -0.2) is 4.98 Å². The maximum atomic E-state index is 4.79. The van der Waals surface area contributed by atoms with Gasteiger partial charge >= 0.3 is 0 Å². The van der Waals surface area contributed by atoms with E-state index >= 15 is 0 Å². The highest BCUT2D eigenvalue weighted by atomic mass is 32.1. The first kappa shape index (κ1) is 12.4. The van der Waals surface area contributed by atoms with Gasteiger partial charge in [0.15, 0.2) is 0 Å². The SMILES string of the molecule is Cc1cc(C)c2nc(C(C)C)cc(CS)c2c1. The van der Waals surface area contributed by atoms with E-state index < -0.39 is 0 Å². The maximum absolute atomic E-state index is 4.79. The second-order valence-corrected chi connectivity index (χ2v) is 5.31. The summed E-state index contributed by atoms with van der Waals surface area (Å²) in [6.45, 7) is 8.62. The lowest BCUT2D eigenvalue weighted by atomic mass is 10.00. The van der Waals surface area contributed by atoms with E-state index in [-0.39, 0.29) is 0 Å². The summed E-state index contributed by atoms with van der Waals surface area (Å²) in [6, 6.07) is 6.60. The quantitative estimate of drug-likeness (QED) is 0.774. The van der Waals surface area contributed by atoms with Crippen LogP contribution >= 0.6 is 12.6 Å². The van der Waals surface area contributed by atoms with Crippen molar-refractivity contribution in [2.45, 2.75) is 39.4 Å². The van der Waals surface area contributed by atoms with E-state index in [9.17, 15) is 0 Å². The molecule has 0 aliphatic heterocycles. The molecule has 0 amide bonds. The number of nitrogens with zero attached hydrogens (tertiary/aromatic N) is 1. The summed E-state index contributed by atoms with van der Waals surface area (Å²) in [5.74, 6) is 1.22. The third-order valence-corrected chi connectivity index (χ3v) is 3.46. The van der Waals surface area contributed by atoms with Crippen LogP contribution in [-0.2, 0) is 5.75 Å². The van der Waals surface area contributed by atoms with Crippen molar-refractivity contribution in [3.05, 3.63) is 40.6 Å². The van der Waals surface area contributed by atoms with Crippen LogP contribution in [0.15, 0.2) is 18.2 Å². The number of aryl methyl sites for hydroxylation is 2. The van der Waals surface area contributed by atoms with Crippen molar-refractivity contribution in [3.63, 3.8) is 0 Å². The highest BCUT2D eigenvalue weighted by Gasteiger charge is 2.09. The van der Waals surface area contributed by atoms with Crippen LogP contribution in [0.5, 0.6) is 0 Å². The summed E-state index contributed by atoms with van der Waals surface area (Å²) < 4.78 is 0. The molecule has 0 aliphatic carbocycles. The summed E-state index contributed by atoms with van der Waals surface area (Å²) in [5, 5.41) is 1.25. The molecular formula is C15H19NS. The highest BCUT2D eigenvalue weighted by Crippen LogP contribution is 2.26. The zero-order chi connectivity index (χ0) is 12.6. The fourth-order valence-corrected chi connectivity index (χ4v) is 2.46. The van der Waals surface area contributed by atoms with Gasteiger partial charge in [0.1, 0.15) is 0 Å². The smallest absolute Gasteiger partial charge is 0.0737 e. The Morgan fingerprint density at radius 3 is 2.47 bits per heavy atom. The molecule has 0 saturated heterocycles. The fourth-order valence-electron chi connectivity index (χ4n) is 2.20. The molecule has 0 aliphatic rings. The molecule has 2 aromatic rings. The molecule has 17 heavy (non-hydrogen) atoms. The molecule has 1 nitrogen and oxygen atoms in total. The average Bonchev–Trinajstić information content (AvgIpc) is 2.27. The zero-order valence-corrected chi connectivity index (χ0v) is 11.8. The minimum atomic E-state index is 0.457. The van der Waals surface area contributed by atoms with E-state index in [1.165, 1.54) is 22.1 Å². The van der Waals surface area contributed by atoms with Gasteiger partial charge in [-0.1, -0.05) is 25.5 Å². The van der Waals surface area contributed by atoms with Crippen molar-refractivity contribution in [1.29, 1.82) is 0 Å². The fraction of sp³-hybridized carbons (Fsp3) is 0.400. The number of pyridine rings is 1. The molecule has 1 heterocycles. The first-order valence-electron chi connectivity index (χ1n) is 6.04. The van der Waals surface area contributed by atoms with Gasteiger partial charge in [-0.15, -0.1) is 0 Å². The van der Waals surface area contributed by atoms with Crippen molar-refractivity contribution in [3.8, 4) is 0 Å². The molecule has 1 aromatic carbocycles. The molecule has 0 bridgehead atoms. The molecule has 0 spiro atoms. The van der Waals surface area contributed by atoms with Crippen LogP contribution < -0.4 is 0 Å². The predicted molar refractivity (Wildman–Crippen MR) is 78.0 cm³/mol. The standard InChI is InChI=1S/C15H19NS/c1-9(2)14-7-12(8-17)13-6-10(3)5-11(4)15(13)16-14/h5-7,9,17H,8H2,1-4H3. The van der Waals surface area contributed by atoms with Gasteiger partial charge in [0.05, 0.1) is 5.52 Å². The summed E-state index contributed by atoms with van der Waals surface area (Å²) in [7, 11) is 0. The largest absolute Gasteiger partial charge is 0.252 e. The van der Waals surface area contributed by atoms with Crippen LogP contribution in [0.25, 0.3) is 10.9 Å². The van der Waals surface area contributed by atoms with Crippen molar-refractivity contribution in [2.24, 2.45) is 0 Å². The molecule has 0 fully saturated rings. The van der Waals surface area contributed by atoms with E-state index in [4.69, 9.17) is 4.98 Å². The number of hydrogen-bond acceptors (Lipinski definition) is 2. The second kappa shape index (κ2) is 4.69. The highest BCUT2D eigenvalue weighted by molar-refractivity contribution is 7.79. The van der Waals surface area contributed by atoms with Gasteiger partial charge in [-0.3, -0.25) is 4.98 Å². The van der Waals surface area contributed by atoms with Gasteiger partial charge in [-0.05, 0) is 43.0 Å². The molecule has 0 radical (unpaired) electrons. The number of aromatic nitrogens is 1. The molecule has 2 rings (SSSR count). The van der Waals surface area contributed by atoms with Crippen molar-refractivity contribution in [1.82, 2.24) is 4.98 Å². The first-order chi connectivity index (χ1) is 8.02. The Hall–Kier alpha value is -1.02. The molecule has 0 N–H and O–H groups in total. The molecule has 2 heteroatoms. The van der Waals surface area contributed by atoms with Crippen LogP contribution in [0, 0.1) is 13.8 Å². The van der Waals surface area contributed by atoms with E-state index in [1.807, 2.05) is 0 Å². The number of thiol groups is 1. The topological polar surface area (TPSA) is 12.9 Å². The Kier molecular flexibility index (Phi) is 3.43. The van der Waals surface area contributed by atoms with Crippen LogP contribution in [0.3, 0.4) is 0 Å². The van der Waals surface area contributed by atoms with Gasteiger partial charge in [0, 0.05) is 16.8 Å². The van der Waals surface area contributed by atoms with E-state index in [2.05, 4.69) is 58.5 Å². The number of fused-ring (bicyclic) bond motifs is 1. The lowest BCUT2D eigenvalue weighted by molar-refractivity contribution is 0.827. The van der Waals surface area contributed by atoms with Crippen molar-refractivity contribution in [2.75, 3.05) is 0 Å². The van der Waals surface area contributed by atoms with Crippen molar-refractivity contribution >= 4 is 23.5 Å². The summed E-state index contributed by atoms with van der Waals surface area (Å²) in [5.41, 5.74) is 6.12. The van der Waals surface area contributed by atoms with Gasteiger partial charge < -0.3 is 0 Å². The Balaban J connectivity index is 2.82. The minimum absolute atomic E-state index is 0.457. The predicted octanol–water partition coefficient (Wildman–Crippen LogP) is 4.40. The third kappa shape index (κ3) is 2.32. The molecule has 0 saturated carbocycles. The van der Waals surface area contributed by atoms with E-state index in [1.54, 1.807) is 0 Å². The molecule has 90 valence electrons. The van der Waals surface area contributed by atoms with Gasteiger partial charge in [0.2, 0.25) is 0 Å². The van der Waals surface area contributed by atoms with E-state index in [0.717, 1.165) is 17.0 Å². The second-order valence-electron chi connectivity index (χ2n) is 5.00.